The number of piperidine rings is 1. The summed E-state index contributed by atoms with van der Waals surface area (Å²) in [6.07, 6.45) is -0.493. The molecule has 0 N–H and O–H groups in total. The Morgan fingerprint density at radius 3 is 2.47 bits per heavy atom. The van der Waals surface area contributed by atoms with Gasteiger partial charge in [-0.15, -0.1) is 0 Å². The van der Waals surface area contributed by atoms with Gasteiger partial charge < -0.3 is 14.6 Å². The molecule has 2 aliphatic heterocycles. The van der Waals surface area contributed by atoms with Crippen LogP contribution in [0, 0.1) is 17.2 Å². The molecule has 0 spiro atoms. The molecule has 1 aromatic heterocycles. The van der Waals surface area contributed by atoms with E-state index in [2.05, 4.69) is 9.88 Å². The second-order valence-electron chi connectivity index (χ2n) is 9.39. The van der Waals surface area contributed by atoms with Crippen LogP contribution in [0.2, 0.25) is 0 Å². The first-order valence-corrected chi connectivity index (χ1v) is 11.8. The van der Waals surface area contributed by atoms with Crippen LogP contribution < -0.4 is 9.80 Å². The van der Waals surface area contributed by atoms with Gasteiger partial charge in [-0.3, -0.25) is 9.69 Å². The number of nitrogens with zero attached hydrogens (tertiary/aromatic N) is 5. The largest absolute Gasteiger partial charge is 0.417 e. The summed E-state index contributed by atoms with van der Waals surface area (Å²) in [5.74, 6) is 0.414. The Balaban J connectivity index is 1.55. The van der Waals surface area contributed by atoms with Crippen molar-refractivity contribution in [1.29, 1.82) is 5.26 Å². The summed E-state index contributed by atoms with van der Waals surface area (Å²) < 4.78 is 40.5. The molecule has 1 aromatic carbocycles. The lowest BCUT2D eigenvalue weighted by Crippen LogP contribution is -2.43. The lowest BCUT2D eigenvalue weighted by molar-refractivity contribution is -0.137. The fourth-order valence-electron chi connectivity index (χ4n) is 4.48. The first kappa shape index (κ1) is 25.6. The quantitative estimate of drug-likeness (QED) is 0.434. The number of amides is 1. The summed E-state index contributed by atoms with van der Waals surface area (Å²) in [6, 6.07) is 8.42. The van der Waals surface area contributed by atoms with E-state index in [1.165, 1.54) is 6.07 Å². The van der Waals surface area contributed by atoms with Crippen molar-refractivity contribution in [2.75, 3.05) is 22.9 Å². The number of pyridine rings is 1. The number of anilines is 2. The zero-order valence-electron chi connectivity index (χ0n) is 19.7. The molecule has 2 aromatic rings. The lowest BCUT2D eigenvalue weighted by atomic mass is 9.98. The molecule has 36 heavy (non-hydrogen) atoms. The molecular weight excluding hydrogens is 491 g/mol. The van der Waals surface area contributed by atoms with E-state index in [1.807, 2.05) is 12.1 Å². The number of carbonyl (C=O) groups is 2. The highest BCUT2D eigenvalue weighted by Gasteiger charge is 2.50. The van der Waals surface area contributed by atoms with Crippen molar-refractivity contribution in [2.45, 2.75) is 44.9 Å². The highest BCUT2D eigenvalue weighted by atomic mass is 32.1. The fraction of sp³-hybridized carbons (Fsp3) is 0.400. The molecule has 2 fully saturated rings. The summed E-state index contributed by atoms with van der Waals surface area (Å²) in [5, 5.41) is 9.14. The third-order valence-corrected chi connectivity index (χ3v) is 7.12. The number of thiocarbonyl (C=S) groups is 1. The molecule has 0 aliphatic carbocycles. The summed E-state index contributed by atoms with van der Waals surface area (Å²) in [4.78, 5) is 33.6. The maximum Gasteiger partial charge on any atom is 0.417 e. The molecule has 0 saturated carbocycles. The Kier molecular flexibility index (Phi) is 6.75. The van der Waals surface area contributed by atoms with Crippen LogP contribution in [0.15, 0.2) is 36.5 Å². The smallest absolute Gasteiger partial charge is 0.357 e. The van der Waals surface area contributed by atoms with Crippen molar-refractivity contribution < 1.29 is 22.8 Å². The van der Waals surface area contributed by atoms with Crippen molar-refractivity contribution in [3.63, 3.8) is 0 Å². The third kappa shape index (κ3) is 4.65. The summed E-state index contributed by atoms with van der Waals surface area (Å²) in [5.41, 5.74) is -2.02. The second kappa shape index (κ2) is 9.50. The molecule has 11 heteroatoms. The van der Waals surface area contributed by atoms with Gasteiger partial charge >= 0.3 is 6.18 Å². The van der Waals surface area contributed by atoms with Gasteiger partial charge in [-0.05, 0) is 68.7 Å². The number of hydrogen-bond donors (Lipinski definition) is 0. The number of benzene rings is 1. The molecule has 4 rings (SSSR count). The van der Waals surface area contributed by atoms with Crippen LogP contribution in [-0.4, -0.2) is 45.8 Å². The minimum atomic E-state index is -4.75. The van der Waals surface area contributed by atoms with Gasteiger partial charge in [0.25, 0.3) is 5.91 Å². The number of aromatic nitrogens is 1. The summed E-state index contributed by atoms with van der Waals surface area (Å²) in [7, 11) is 0. The number of hydrogen-bond acceptors (Lipinski definition) is 6. The van der Waals surface area contributed by atoms with Gasteiger partial charge in [0.15, 0.2) is 5.11 Å². The highest BCUT2D eigenvalue weighted by molar-refractivity contribution is 7.80. The summed E-state index contributed by atoms with van der Waals surface area (Å²) in [6.45, 7) is 5.04. The summed E-state index contributed by atoms with van der Waals surface area (Å²) >= 11 is 5.55. The van der Waals surface area contributed by atoms with Gasteiger partial charge in [0.05, 0.1) is 22.9 Å². The molecule has 0 radical (unpaired) electrons. The Labute approximate surface area is 212 Å². The van der Waals surface area contributed by atoms with E-state index >= 15 is 0 Å². The molecule has 7 nitrogen and oxygen atoms in total. The maximum atomic E-state index is 13.5. The third-order valence-electron chi connectivity index (χ3n) is 6.72. The van der Waals surface area contributed by atoms with E-state index in [4.69, 9.17) is 17.5 Å². The van der Waals surface area contributed by atoms with Crippen LogP contribution in [0.1, 0.15) is 43.4 Å². The van der Waals surface area contributed by atoms with E-state index in [9.17, 15) is 22.8 Å². The second-order valence-corrected chi connectivity index (χ2v) is 9.76. The van der Waals surface area contributed by atoms with Crippen LogP contribution in [0.4, 0.5) is 24.7 Å². The van der Waals surface area contributed by atoms with Crippen molar-refractivity contribution in [3.8, 4) is 6.07 Å². The lowest BCUT2D eigenvalue weighted by Gasteiger charge is -2.31. The Morgan fingerprint density at radius 1 is 1.22 bits per heavy atom. The number of rotatable bonds is 5. The topological polar surface area (TPSA) is 80.5 Å². The minimum Gasteiger partial charge on any atom is -0.357 e. The van der Waals surface area contributed by atoms with Gasteiger partial charge in [-0.2, -0.15) is 18.4 Å². The monoisotopic (exact) mass is 515 g/mol. The average Bonchev–Trinajstić information content (AvgIpc) is 3.02. The van der Waals surface area contributed by atoms with Crippen LogP contribution in [0.25, 0.3) is 0 Å². The number of alkyl halides is 3. The van der Waals surface area contributed by atoms with Crippen molar-refractivity contribution in [3.05, 3.63) is 53.2 Å². The molecule has 3 heterocycles. The molecule has 2 saturated heterocycles. The first-order chi connectivity index (χ1) is 17.0. The molecule has 188 valence electrons. The zero-order chi connectivity index (χ0) is 26.3. The Bertz CT molecular complexity index is 1230. The molecule has 0 atom stereocenters. The normalized spacial score (nSPS) is 18.5. The Morgan fingerprint density at radius 2 is 1.92 bits per heavy atom. The zero-order valence-corrected chi connectivity index (χ0v) is 20.6. The van der Waals surface area contributed by atoms with Crippen LogP contribution in [-0.2, 0) is 22.3 Å². The first-order valence-electron chi connectivity index (χ1n) is 11.4. The number of halogens is 3. The predicted molar refractivity (Wildman–Crippen MR) is 131 cm³/mol. The van der Waals surface area contributed by atoms with Gasteiger partial charge in [0.2, 0.25) is 0 Å². The number of aldehydes is 1. The molecule has 0 unspecified atom stereocenters. The maximum absolute atomic E-state index is 13.5. The van der Waals surface area contributed by atoms with E-state index in [0.29, 0.717) is 0 Å². The molecule has 0 bridgehead atoms. The van der Waals surface area contributed by atoms with Crippen LogP contribution >= 0.6 is 12.2 Å². The van der Waals surface area contributed by atoms with Crippen LogP contribution in [0.5, 0.6) is 0 Å². The van der Waals surface area contributed by atoms with E-state index in [1.54, 1.807) is 31.0 Å². The standard InChI is InChI=1S/C25H24F3N5O2S/c1-24(2)22(35)33(19-5-4-18(12-29)20(11-19)25(26,27)28)23(36)32(24)14-17-3-6-21(30-13-17)31-9-7-16(15-34)8-10-31/h3-6,11,13,15-16H,7-10,14H2,1-2H3. The SMILES string of the molecule is CC1(C)C(=O)N(c2ccc(C#N)c(C(F)(F)F)c2)C(=S)N1Cc1ccc(N2CCC(C=O)CC2)nc1. The molecule has 1 amide bonds. The van der Waals surface area contributed by atoms with Crippen LogP contribution in [0.3, 0.4) is 0 Å². The van der Waals surface area contributed by atoms with Gasteiger partial charge in [0, 0.05) is 31.7 Å². The van der Waals surface area contributed by atoms with Crippen molar-refractivity contribution in [1.82, 2.24) is 9.88 Å². The number of nitriles is 1. The van der Waals surface area contributed by atoms with E-state index in [-0.39, 0.29) is 23.3 Å². The fourth-order valence-corrected chi connectivity index (χ4v) is 4.96. The highest BCUT2D eigenvalue weighted by Crippen LogP contribution is 2.38. The van der Waals surface area contributed by atoms with E-state index in [0.717, 1.165) is 60.6 Å². The minimum absolute atomic E-state index is 0.0425. The molecular formula is C25H24F3N5O2S. The van der Waals surface area contributed by atoms with Gasteiger partial charge in [0.1, 0.15) is 17.6 Å². The van der Waals surface area contributed by atoms with Gasteiger partial charge in [-0.1, -0.05) is 6.07 Å². The number of carbonyl (C=O) groups excluding carboxylic acids is 2. The average molecular weight is 516 g/mol. The van der Waals surface area contributed by atoms with Gasteiger partial charge in [-0.25, -0.2) is 4.98 Å². The van der Waals surface area contributed by atoms with E-state index < -0.39 is 28.7 Å². The van der Waals surface area contributed by atoms with Crippen molar-refractivity contribution in [2.24, 2.45) is 5.92 Å². The predicted octanol–water partition coefficient (Wildman–Crippen LogP) is 4.30. The Hall–Kier alpha value is -3.52. The molecule has 2 aliphatic rings. The van der Waals surface area contributed by atoms with Crippen molar-refractivity contribution >= 4 is 41.0 Å².